The Labute approximate surface area is 203 Å². The number of hydrogen-bond acceptors (Lipinski definition) is 4. The SMILES string of the molecule is O=C(O)CC1CSc2cc(OCc3cccc4c3CN(c3ccc(C(F)(F)F)cc3)C4=O)ccc21. The number of ether oxygens (including phenoxy) is 1. The molecular weight excluding hydrogens is 479 g/mol. The summed E-state index contributed by atoms with van der Waals surface area (Å²) in [6.07, 6.45) is -4.34. The highest BCUT2D eigenvalue weighted by atomic mass is 32.2. The van der Waals surface area contributed by atoms with E-state index in [0.29, 0.717) is 17.0 Å². The molecule has 1 N–H and O–H groups in total. The maximum atomic E-state index is 13.0. The second-order valence-corrected chi connectivity index (χ2v) is 9.54. The van der Waals surface area contributed by atoms with E-state index in [9.17, 15) is 22.8 Å². The van der Waals surface area contributed by atoms with Crippen LogP contribution in [-0.4, -0.2) is 22.7 Å². The molecule has 180 valence electrons. The molecule has 1 amide bonds. The van der Waals surface area contributed by atoms with Crippen molar-refractivity contribution in [2.75, 3.05) is 10.7 Å². The maximum Gasteiger partial charge on any atom is 0.416 e. The molecule has 35 heavy (non-hydrogen) atoms. The first-order valence-electron chi connectivity index (χ1n) is 10.9. The monoisotopic (exact) mass is 499 g/mol. The van der Waals surface area contributed by atoms with Gasteiger partial charge in [-0.05, 0) is 59.2 Å². The lowest BCUT2D eigenvalue weighted by Crippen LogP contribution is -2.23. The van der Waals surface area contributed by atoms with Gasteiger partial charge in [0.05, 0.1) is 18.5 Å². The summed E-state index contributed by atoms with van der Waals surface area (Å²) in [6.45, 7) is 0.468. The zero-order valence-electron chi connectivity index (χ0n) is 18.3. The van der Waals surface area contributed by atoms with E-state index < -0.39 is 17.7 Å². The first kappa shape index (κ1) is 23.3. The smallest absolute Gasteiger partial charge is 0.416 e. The Bertz CT molecular complexity index is 1310. The fourth-order valence-corrected chi connectivity index (χ4v) is 5.74. The summed E-state index contributed by atoms with van der Waals surface area (Å²) >= 11 is 1.61. The minimum atomic E-state index is -4.44. The number of carbonyl (C=O) groups excluding carboxylic acids is 1. The molecule has 0 bridgehead atoms. The normalized spacial score (nSPS) is 16.8. The highest BCUT2D eigenvalue weighted by Gasteiger charge is 2.33. The fourth-order valence-electron chi connectivity index (χ4n) is 4.46. The fraction of sp³-hybridized carbons (Fsp3) is 0.231. The number of amides is 1. The van der Waals surface area contributed by atoms with Crippen molar-refractivity contribution in [3.05, 3.63) is 88.5 Å². The molecule has 5 rings (SSSR count). The molecule has 9 heteroatoms. The van der Waals surface area contributed by atoms with Crippen LogP contribution in [0.25, 0.3) is 0 Å². The Morgan fingerprint density at radius 3 is 2.60 bits per heavy atom. The van der Waals surface area contributed by atoms with Crippen molar-refractivity contribution < 1.29 is 32.6 Å². The van der Waals surface area contributed by atoms with Crippen molar-refractivity contribution in [3.8, 4) is 5.75 Å². The minimum Gasteiger partial charge on any atom is -0.489 e. The summed E-state index contributed by atoms with van der Waals surface area (Å²) in [5.41, 5.74) is 2.77. The van der Waals surface area contributed by atoms with Crippen LogP contribution in [0.15, 0.2) is 65.6 Å². The van der Waals surface area contributed by atoms with Crippen molar-refractivity contribution in [1.29, 1.82) is 0 Å². The van der Waals surface area contributed by atoms with Gasteiger partial charge in [-0.25, -0.2) is 0 Å². The molecule has 0 fully saturated rings. The van der Waals surface area contributed by atoms with E-state index in [1.165, 1.54) is 17.0 Å². The number of nitrogens with zero attached hydrogens (tertiary/aromatic N) is 1. The van der Waals surface area contributed by atoms with Crippen molar-refractivity contribution >= 4 is 29.3 Å². The van der Waals surface area contributed by atoms with Gasteiger partial charge < -0.3 is 14.7 Å². The first-order chi connectivity index (χ1) is 16.7. The zero-order valence-corrected chi connectivity index (χ0v) is 19.2. The number of hydrogen-bond donors (Lipinski definition) is 1. The average molecular weight is 500 g/mol. The van der Waals surface area contributed by atoms with Crippen LogP contribution in [0.1, 0.15) is 45.0 Å². The van der Waals surface area contributed by atoms with Gasteiger partial charge in [0.25, 0.3) is 5.91 Å². The zero-order chi connectivity index (χ0) is 24.7. The number of carboxylic acid groups (broad SMARTS) is 1. The van der Waals surface area contributed by atoms with Crippen LogP contribution in [-0.2, 0) is 24.1 Å². The van der Waals surface area contributed by atoms with Gasteiger partial charge in [0.1, 0.15) is 12.4 Å². The molecule has 2 aliphatic rings. The number of anilines is 1. The molecule has 2 aliphatic heterocycles. The van der Waals surface area contributed by atoms with E-state index in [1.807, 2.05) is 24.3 Å². The van der Waals surface area contributed by atoms with Crippen molar-refractivity contribution in [3.63, 3.8) is 0 Å². The van der Waals surface area contributed by atoms with Gasteiger partial charge >= 0.3 is 12.1 Å². The molecule has 5 nitrogen and oxygen atoms in total. The molecule has 3 aromatic carbocycles. The number of carboxylic acids is 1. The van der Waals surface area contributed by atoms with E-state index >= 15 is 0 Å². The van der Waals surface area contributed by atoms with E-state index in [-0.39, 0.29) is 31.4 Å². The van der Waals surface area contributed by atoms with Gasteiger partial charge in [-0.15, -0.1) is 11.8 Å². The molecule has 1 unspecified atom stereocenters. The Morgan fingerprint density at radius 1 is 1.11 bits per heavy atom. The number of carbonyl (C=O) groups is 2. The predicted octanol–water partition coefficient (Wildman–Crippen LogP) is 6.11. The molecule has 0 saturated heterocycles. The number of fused-ring (bicyclic) bond motifs is 2. The summed E-state index contributed by atoms with van der Waals surface area (Å²) in [4.78, 5) is 26.5. The third-order valence-electron chi connectivity index (χ3n) is 6.25. The van der Waals surface area contributed by atoms with E-state index in [1.54, 1.807) is 23.9 Å². The molecule has 0 aliphatic carbocycles. The lowest BCUT2D eigenvalue weighted by atomic mass is 9.98. The third-order valence-corrected chi connectivity index (χ3v) is 7.48. The number of halogens is 3. The van der Waals surface area contributed by atoms with Crippen LogP contribution in [0.2, 0.25) is 0 Å². The third kappa shape index (κ3) is 4.60. The van der Waals surface area contributed by atoms with Crippen LogP contribution in [0, 0.1) is 0 Å². The summed E-state index contributed by atoms with van der Waals surface area (Å²) in [5.74, 6) is 0.274. The summed E-state index contributed by atoms with van der Waals surface area (Å²) in [7, 11) is 0. The second-order valence-electron chi connectivity index (χ2n) is 8.47. The average Bonchev–Trinajstić information content (AvgIpc) is 3.37. The topological polar surface area (TPSA) is 66.8 Å². The van der Waals surface area contributed by atoms with Crippen molar-refractivity contribution in [1.82, 2.24) is 0 Å². The minimum absolute atomic E-state index is 0.0128. The van der Waals surface area contributed by atoms with Crippen LogP contribution < -0.4 is 9.64 Å². The summed E-state index contributed by atoms with van der Waals surface area (Å²) in [5, 5.41) is 9.09. The quantitative estimate of drug-likeness (QED) is 0.443. The van der Waals surface area contributed by atoms with Gasteiger partial charge in [-0.3, -0.25) is 9.59 Å². The van der Waals surface area contributed by atoms with Gasteiger partial charge in [0, 0.05) is 27.8 Å². The van der Waals surface area contributed by atoms with Crippen LogP contribution >= 0.6 is 11.8 Å². The molecule has 1 atom stereocenters. The van der Waals surface area contributed by atoms with E-state index in [0.717, 1.165) is 39.5 Å². The Morgan fingerprint density at radius 2 is 1.89 bits per heavy atom. The van der Waals surface area contributed by atoms with Gasteiger partial charge in [0.2, 0.25) is 0 Å². The molecule has 0 spiro atoms. The largest absolute Gasteiger partial charge is 0.489 e. The Hall–Kier alpha value is -3.46. The second kappa shape index (κ2) is 8.96. The maximum absolute atomic E-state index is 13.0. The van der Waals surface area contributed by atoms with Crippen LogP contribution in [0.3, 0.4) is 0 Å². The number of benzene rings is 3. The Kier molecular flexibility index (Phi) is 5.96. The molecular formula is C26H20F3NO4S. The molecule has 0 radical (unpaired) electrons. The lowest BCUT2D eigenvalue weighted by Gasteiger charge is -2.17. The van der Waals surface area contributed by atoms with Gasteiger partial charge in [-0.1, -0.05) is 18.2 Å². The number of alkyl halides is 3. The molecule has 0 aromatic heterocycles. The van der Waals surface area contributed by atoms with E-state index in [2.05, 4.69) is 0 Å². The first-order valence-corrected chi connectivity index (χ1v) is 11.9. The number of aliphatic carboxylic acids is 1. The Balaban J connectivity index is 1.31. The van der Waals surface area contributed by atoms with Gasteiger partial charge in [0.15, 0.2) is 0 Å². The molecule has 2 heterocycles. The predicted molar refractivity (Wildman–Crippen MR) is 125 cm³/mol. The molecule has 3 aromatic rings. The highest BCUT2D eigenvalue weighted by Crippen LogP contribution is 2.43. The number of rotatable bonds is 6. The number of thioether (sulfide) groups is 1. The summed E-state index contributed by atoms with van der Waals surface area (Å²) < 4.78 is 44.7. The van der Waals surface area contributed by atoms with E-state index in [4.69, 9.17) is 9.84 Å². The summed E-state index contributed by atoms with van der Waals surface area (Å²) in [6, 6.07) is 15.5. The highest BCUT2D eigenvalue weighted by molar-refractivity contribution is 7.99. The van der Waals surface area contributed by atoms with Crippen molar-refractivity contribution in [2.45, 2.75) is 36.6 Å². The van der Waals surface area contributed by atoms with Crippen LogP contribution in [0.4, 0.5) is 18.9 Å². The van der Waals surface area contributed by atoms with Crippen LogP contribution in [0.5, 0.6) is 5.75 Å². The molecule has 0 saturated carbocycles. The lowest BCUT2D eigenvalue weighted by molar-refractivity contribution is -0.138. The van der Waals surface area contributed by atoms with Gasteiger partial charge in [-0.2, -0.15) is 13.2 Å². The van der Waals surface area contributed by atoms with Crippen molar-refractivity contribution in [2.24, 2.45) is 0 Å². The standard InChI is InChI=1S/C26H20F3NO4S/c27-26(28,29)17-4-6-18(7-5-17)30-12-22-15(2-1-3-21(22)25(30)33)13-34-19-8-9-20-16(10-24(31)32)14-35-23(20)11-19/h1-9,11,16H,10,12-14H2,(H,31,32).